The smallest absolute Gasteiger partial charge is 0.228 e. The number of aliphatic hydroxyl groups is 1. The standard InChI is InChI=1S/C17H23FN2O3/c1-17(2,3)8-11(9-21)19-16(23)13-7-15(22)20-14-6-10(18)4-5-12(13)14/h4-6,11,13,21H,7-9H2,1-3H3,(H,19,23)(H,20,22). The quantitative estimate of drug-likeness (QED) is 0.795. The van der Waals surface area contributed by atoms with Crippen LogP contribution >= 0.6 is 0 Å². The van der Waals surface area contributed by atoms with E-state index in [-0.39, 0.29) is 36.3 Å². The van der Waals surface area contributed by atoms with Gasteiger partial charge >= 0.3 is 0 Å². The zero-order chi connectivity index (χ0) is 17.2. The highest BCUT2D eigenvalue weighted by atomic mass is 19.1. The fraction of sp³-hybridized carbons (Fsp3) is 0.529. The van der Waals surface area contributed by atoms with E-state index >= 15 is 0 Å². The SMILES string of the molecule is CC(C)(C)CC(CO)NC(=O)C1CC(=O)Nc2cc(F)ccc21. The Hall–Kier alpha value is -1.95. The number of fused-ring (bicyclic) bond motifs is 1. The van der Waals surface area contributed by atoms with Crippen molar-refractivity contribution in [3.63, 3.8) is 0 Å². The number of aliphatic hydroxyl groups excluding tert-OH is 1. The van der Waals surface area contributed by atoms with E-state index < -0.39 is 11.7 Å². The summed E-state index contributed by atoms with van der Waals surface area (Å²) in [5, 5.41) is 14.9. The van der Waals surface area contributed by atoms with Crippen molar-refractivity contribution in [2.45, 2.75) is 45.6 Å². The molecule has 2 unspecified atom stereocenters. The number of hydrogen-bond acceptors (Lipinski definition) is 3. The zero-order valence-corrected chi connectivity index (χ0v) is 13.6. The maximum Gasteiger partial charge on any atom is 0.228 e. The molecule has 0 fully saturated rings. The molecule has 0 aromatic heterocycles. The fourth-order valence-corrected chi connectivity index (χ4v) is 2.87. The molecule has 1 aromatic carbocycles. The molecule has 1 aliphatic heterocycles. The molecule has 0 bridgehead atoms. The van der Waals surface area contributed by atoms with Gasteiger partial charge < -0.3 is 15.7 Å². The molecule has 2 atom stereocenters. The maximum atomic E-state index is 13.3. The summed E-state index contributed by atoms with van der Waals surface area (Å²) >= 11 is 0. The summed E-state index contributed by atoms with van der Waals surface area (Å²) in [5.74, 6) is -1.78. The van der Waals surface area contributed by atoms with Gasteiger partial charge in [-0.05, 0) is 29.5 Å². The number of carbonyl (C=O) groups is 2. The second-order valence-electron chi connectivity index (χ2n) is 7.19. The Kier molecular flexibility index (Phi) is 5.04. The van der Waals surface area contributed by atoms with Gasteiger partial charge in [-0.15, -0.1) is 0 Å². The Labute approximate surface area is 135 Å². The van der Waals surface area contributed by atoms with Gasteiger partial charge in [0.2, 0.25) is 11.8 Å². The summed E-state index contributed by atoms with van der Waals surface area (Å²) in [6.07, 6.45) is 0.628. The minimum Gasteiger partial charge on any atom is -0.394 e. The Morgan fingerprint density at radius 2 is 2.17 bits per heavy atom. The van der Waals surface area contributed by atoms with Gasteiger partial charge in [-0.2, -0.15) is 0 Å². The number of nitrogens with one attached hydrogen (secondary N) is 2. The summed E-state index contributed by atoms with van der Waals surface area (Å²) < 4.78 is 13.3. The van der Waals surface area contributed by atoms with E-state index in [1.165, 1.54) is 18.2 Å². The van der Waals surface area contributed by atoms with E-state index in [1.54, 1.807) is 0 Å². The number of hydrogen-bond donors (Lipinski definition) is 3. The molecular formula is C17H23FN2O3. The van der Waals surface area contributed by atoms with Gasteiger partial charge in [-0.1, -0.05) is 26.8 Å². The van der Waals surface area contributed by atoms with Crippen molar-refractivity contribution in [2.24, 2.45) is 5.41 Å². The molecular weight excluding hydrogens is 299 g/mol. The number of amides is 2. The first kappa shape index (κ1) is 17.4. The van der Waals surface area contributed by atoms with Crippen molar-refractivity contribution >= 4 is 17.5 Å². The molecule has 5 nitrogen and oxygen atoms in total. The molecule has 0 spiro atoms. The Morgan fingerprint density at radius 3 is 2.78 bits per heavy atom. The largest absolute Gasteiger partial charge is 0.394 e. The molecule has 0 saturated carbocycles. The van der Waals surface area contributed by atoms with E-state index in [2.05, 4.69) is 10.6 Å². The molecule has 2 amide bonds. The topological polar surface area (TPSA) is 78.4 Å². The number of rotatable bonds is 4. The van der Waals surface area contributed by atoms with Crippen LogP contribution in [0.4, 0.5) is 10.1 Å². The highest BCUT2D eigenvalue weighted by molar-refractivity contribution is 6.01. The summed E-state index contributed by atoms with van der Waals surface area (Å²) in [6, 6.07) is 3.63. The molecule has 1 heterocycles. The summed E-state index contributed by atoms with van der Waals surface area (Å²) in [5.41, 5.74) is 0.875. The predicted molar refractivity (Wildman–Crippen MR) is 85.5 cm³/mol. The minimum atomic E-state index is -0.673. The monoisotopic (exact) mass is 322 g/mol. The van der Waals surface area contributed by atoms with Crippen LogP contribution in [0.25, 0.3) is 0 Å². The lowest BCUT2D eigenvalue weighted by Gasteiger charge is -2.29. The van der Waals surface area contributed by atoms with Gasteiger partial charge in [0.05, 0.1) is 18.6 Å². The van der Waals surface area contributed by atoms with Crippen LogP contribution in [-0.2, 0) is 9.59 Å². The van der Waals surface area contributed by atoms with Crippen LogP contribution in [0.2, 0.25) is 0 Å². The van der Waals surface area contributed by atoms with E-state index in [9.17, 15) is 19.1 Å². The first-order chi connectivity index (χ1) is 10.7. The highest BCUT2D eigenvalue weighted by Crippen LogP contribution is 2.33. The third kappa shape index (κ3) is 4.51. The van der Waals surface area contributed by atoms with Crippen molar-refractivity contribution in [2.75, 3.05) is 11.9 Å². The molecule has 6 heteroatoms. The molecule has 23 heavy (non-hydrogen) atoms. The molecule has 3 N–H and O–H groups in total. The normalized spacial score (nSPS) is 18.8. The van der Waals surface area contributed by atoms with Crippen LogP contribution in [0.3, 0.4) is 0 Å². The lowest BCUT2D eigenvalue weighted by Crippen LogP contribution is -2.44. The lowest BCUT2D eigenvalue weighted by atomic mass is 9.86. The molecule has 1 aliphatic rings. The Bertz CT molecular complexity index is 610. The van der Waals surface area contributed by atoms with Crippen LogP contribution in [-0.4, -0.2) is 29.6 Å². The molecule has 0 aliphatic carbocycles. The lowest BCUT2D eigenvalue weighted by molar-refractivity contribution is -0.127. The van der Waals surface area contributed by atoms with Crippen LogP contribution in [0.1, 0.15) is 45.1 Å². The minimum absolute atomic E-state index is 0.0120. The number of carbonyl (C=O) groups excluding carboxylic acids is 2. The zero-order valence-electron chi connectivity index (χ0n) is 13.6. The van der Waals surface area contributed by atoms with Crippen molar-refractivity contribution in [1.82, 2.24) is 5.32 Å². The van der Waals surface area contributed by atoms with Gasteiger partial charge in [0.1, 0.15) is 5.82 Å². The van der Waals surface area contributed by atoms with Crippen LogP contribution in [0.15, 0.2) is 18.2 Å². The van der Waals surface area contributed by atoms with E-state index in [1.807, 2.05) is 20.8 Å². The van der Waals surface area contributed by atoms with Crippen molar-refractivity contribution in [1.29, 1.82) is 0 Å². The Morgan fingerprint density at radius 1 is 1.48 bits per heavy atom. The van der Waals surface area contributed by atoms with Crippen LogP contribution in [0.5, 0.6) is 0 Å². The van der Waals surface area contributed by atoms with Crippen molar-refractivity contribution in [3.05, 3.63) is 29.6 Å². The summed E-state index contributed by atoms with van der Waals surface area (Å²) in [6.45, 7) is 5.90. The fourth-order valence-electron chi connectivity index (χ4n) is 2.87. The number of benzene rings is 1. The predicted octanol–water partition coefficient (Wildman–Crippen LogP) is 2.16. The number of anilines is 1. The number of halogens is 1. The molecule has 0 radical (unpaired) electrons. The van der Waals surface area contributed by atoms with Crippen LogP contribution < -0.4 is 10.6 Å². The molecule has 2 rings (SSSR count). The highest BCUT2D eigenvalue weighted by Gasteiger charge is 2.32. The van der Waals surface area contributed by atoms with Crippen molar-refractivity contribution in [3.8, 4) is 0 Å². The van der Waals surface area contributed by atoms with E-state index in [4.69, 9.17) is 0 Å². The molecule has 0 saturated heterocycles. The third-order valence-electron chi connectivity index (χ3n) is 3.80. The molecule has 126 valence electrons. The van der Waals surface area contributed by atoms with Crippen LogP contribution in [0, 0.1) is 11.2 Å². The van der Waals surface area contributed by atoms with E-state index in [0.29, 0.717) is 17.7 Å². The second-order valence-corrected chi connectivity index (χ2v) is 7.19. The van der Waals surface area contributed by atoms with Crippen molar-refractivity contribution < 1.29 is 19.1 Å². The maximum absolute atomic E-state index is 13.3. The summed E-state index contributed by atoms with van der Waals surface area (Å²) in [7, 11) is 0. The average molecular weight is 322 g/mol. The van der Waals surface area contributed by atoms with Gasteiger partial charge in [-0.3, -0.25) is 9.59 Å². The first-order valence-corrected chi connectivity index (χ1v) is 7.70. The Balaban J connectivity index is 2.18. The summed E-state index contributed by atoms with van der Waals surface area (Å²) in [4.78, 5) is 24.3. The average Bonchev–Trinajstić information content (AvgIpc) is 2.43. The van der Waals surface area contributed by atoms with Gasteiger partial charge in [0, 0.05) is 12.1 Å². The third-order valence-corrected chi connectivity index (χ3v) is 3.80. The second kappa shape index (κ2) is 6.66. The van der Waals surface area contributed by atoms with Gasteiger partial charge in [-0.25, -0.2) is 4.39 Å². The first-order valence-electron chi connectivity index (χ1n) is 7.70. The van der Waals surface area contributed by atoms with Gasteiger partial charge in [0.15, 0.2) is 0 Å². The van der Waals surface area contributed by atoms with Gasteiger partial charge in [0.25, 0.3) is 0 Å². The molecule has 1 aromatic rings. The van der Waals surface area contributed by atoms with E-state index in [0.717, 1.165) is 0 Å².